The fraction of sp³-hybridized carbons (Fsp3) is 0.474. The Morgan fingerprint density at radius 3 is 2.52 bits per heavy atom. The normalized spacial score (nSPS) is 12.8. The highest BCUT2D eigenvalue weighted by Gasteiger charge is 2.12. The first-order chi connectivity index (χ1) is 10.2. The third-order valence-corrected chi connectivity index (χ3v) is 3.76. The minimum Gasteiger partial charge on any atom is -0.354 e. The van der Waals surface area contributed by atoms with E-state index < -0.39 is 0 Å². The number of aromatic nitrogens is 1. The highest BCUT2D eigenvalue weighted by molar-refractivity contribution is 5.19. The molecule has 0 aliphatic rings. The summed E-state index contributed by atoms with van der Waals surface area (Å²) >= 11 is 0. The molecule has 0 aliphatic heterocycles. The van der Waals surface area contributed by atoms with E-state index in [0.29, 0.717) is 12.0 Å². The molecular formula is C19H28N2. The van der Waals surface area contributed by atoms with Crippen LogP contribution in [-0.4, -0.2) is 4.57 Å². The van der Waals surface area contributed by atoms with Crippen molar-refractivity contribution < 1.29 is 0 Å². The average molecular weight is 284 g/mol. The van der Waals surface area contributed by atoms with Crippen LogP contribution in [0.5, 0.6) is 0 Å². The van der Waals surface area contributed by atoms with Crippen LogP contribution >= 0.6 is 0 Å². The summed E-state index contributed by atoms with van der Waals surface area (Å²) in [4.78, 5) is 0. The van der Waals surface area contributed by atoms with Crippen LogP contribution in [0, 0.1) is 5.92 Å². The van der Waals surface area contributed by atoms with Crippen LogP contribution in [-0.2, 0) is 13.1 Å². The highest BCUT2D eigenvalue weighted by Crippen LogP contribution is 2.21. The summed E-state index contributed by atoms with van der Waals surface area (Å²) in [5.41, 5.74) is 2.76. The van der Waals surface area contributed by atoms with Crippen LogP contribution in [0.2, 0.25) is 0 Å². The second-order valence-corrected chi connectivity index (χ2v) is 6.23. The SMILES string of the molecule is CCCn1ccc(CNC(CC(C)C)c2ccccc2)c1. The van der Waals surface area contributed by atoms with Crippen molar-refractivity contribution in [2.45, 2.75) is 52.7 Å². The van der Waals surface area contributed by atoms with Gasteiger partial charge in [0.05, 0.1) is 0 Å². The van der Waals surface area contributed by atoms with Gasteiger partial charge in [-0.1, -0.05) is 51.1 Å². The van der Waals surface area contributed by atoms with E-state index in [0.717, 1.165) is 13.1 Å². The zero-order chi connectivity index (χ0) is 15.1. The first kappa shape index (κ1) is 15.8. The van der Waals surface area contributed by atoms with Crippen molar-refractivity contribution in [1.29, 1.82) is 0 Å². The molecular weight excluding hydrogens is 256 g/mol. The Balaban J connectivity index is 1.98. The molecule has 1 aromatic carbocycles. The second kappa shape index (κ2) is 8.04. The van der Waals surface area contributed by atoms with Crippen LogP contribution in [0.3, 0.4) is 0 Å². The summed E-state index contributed by atoms with van der Waals surface area (Å²) in [5, 5.41) is 3.73. The predicted molar refractivity (Wildman–Crippen MR) is 90.2 cm³/mol. The maximum atomic E-state index is 3.73. The monoisotopic (exact) mass is 284 g/mol. The number of hydrogen-bond donors (Lipinski definition) is 1. The van der Waals surface area contributed by atoms with Crippen LogP contribution in [0.15, 0.2) is 48.8 Å². The van der Waals surface area contributed by atoms with Gasteiger partial charge >= 0.3 is 0 Å². The second-order valence-electron chi connectivity index (χ2n) is 6.23. The molecule has 2 rings (SSSR count). The maximum absolute atomic E-state index is 3.73. The summed E-state index contributed by atoms with van der Waals surface area (Å²) < 4.78 is 2.27. The lowest BCUT2D eigenvalue weighted by molar-refractivity contribution is 0.428. The number of rotatable bonds is 8. The number of nitrogens with zero attached hydrogens (tertiary/aromatic N) is 1. The summed E-state index contributed by atoms with van der Waals surface area (Å²) in [6.07, 6.45) is 6.79. The Labute approximate surface area is 129 Å². The van der Waals surface area contributed by atoms with Crippen molar-refractivity contribution in [3.63, 3.8) is 0 Å². The molecule has 21 heavy (non-hydrogen) atoms. The van der Waals surface area contributed by atoms with Crippen molar-refractivity contribution in [3.05, 3.63) is 59.9 Å². The molecule has 0 saturated carbocycles. The third-order valence-electron chi connectivity index (χ3n) is 3.76. The zero-order valence-electron chi connectivity index (χ0n) is 13.5. The van der Waals surface area contributed by atoms with Crippen LogP contribution < -0.4 is 5.32 Å². The average Bonchev–Trinajstić information content (AvgIpc) is 2.92. The van der Waals surface area contributed by atoms with E-state index in [1.807, 2.05) is 0 Å². The molecule has 1 N–H and O–H groups in total. The van der Waals surface area contributed by atoms with Crippen molar-refractivity contribution in [2.24, 2.45) is 5.92 Å². The molecule has 1 unspecified atom stereocenters. The first-order valence-corrected chi connectivity index (χ1v) is 8.12. The molecule has 0 radical (unpaired) electrons. The van der Waals surface area contributed by atoms with Gasteiger partial charge in [0.2, 0.25) is 0 Å². The van der Waals surface area contributed by atoms with E-state index >= 15 is 0 Å². The van der Waals surface area contributed by atoms with Gasteiger partial charge in [-0.3, -0.25) is 0 Å². The fourth-order valence-electron chi connectivity index (χ4n) is 2.73. The molecule has 114 valence electrons. The Kier molecular flexibility index (Phi) is 6.06. The van der Waals surface area contributed by atoms with Gasteiger partial charge in [-0.05, 0) is 36.0 Å². The van der Waals surface area contributed by atoms with Gasteiger partial charge in [0.1, 0.15) is 0 Å². The van der Waals surface area contributed by atoms with Gasteiger partial charge in [-0.25, -0.2) is 0 Å². The number of aryl methyl sites for hydroxylation is 1. The molecule has 2 aromatic rings. The molecule has 2 heteroatoms. The number of nitrogens with one attached hydrogen (secondary N) is 1. The van der Waals surface area contributed by atoms with Gasteiger partial charge in [0, 0.05) is 31.5 Å². The first-order valence-electron chi connectivity index (χ1n) is 8.12. The molecule has 0 fully saturated rings. The molecule has 1 aromatic heterocycles. The number of hydrogen-bond acceptors (Lipinski definition) is 1. The molecule has 0 spiro atoms. The third kappa shape index (κ3) is 5.05. The van der Waals surface area contributed by atoms with E-state index in [1.54, 1.807) is 0 Å². The van der Waals surface area contributed by atoms with Gasteiger partial charge < -0.3 is 9.88 Å². The van der Waals surface area contributed by atoms with Gasteiger partial charge in [0.15, 0.2) is 0 Å². The minimum absolute atomic E-state index is 0.431. The molecule has 0 saturated heterocycles. The van der Waals surface area contributed by atoms with Crippen molar-refractivity contribution >= 4 is 0 Å². The molecule has 2 nitrogen and oxygen atoms in total. The lowest BCUT2D eigenvalue weighted by atomic mass is 9.97. The summed E-state index contributed by atoms with van der Waals surface area (Å²) in [6, 6.07) is 13.4. The topological polar surface area (TPSA) is 17.0 Å². The van der Waals surface area contributed by atoms with E-state index in [1.165, 1.54) is 24.0 Å². The highest BCUT2D eigenvalue weighted by atomic mass is 15.0. The standard InChI is InChI=1S/C19H28N2/c1-4-11-21-12-10-17(15-21)14-20-19(13-16(2)3)18-8-6-5-7-9-18/h5-10,12,15-16,19-20H,4,11,13-14H2,1-3H3. The van der Waals surface area contributed by atoms with Crippen molar-refractivity contribution in [1.82, 2.24) is 9.88 Å². The lowest BCUT2D eigenvalue weighted by Gasteiger charge is -2.21. The van der Waals surface area contributed by atoms with E-state index in [4.69, 9.17) is 0 Å². The summed E-state index contributed by atoms with van der Waals surface area (Å²) in [6.45, 7) is 8.83. The maximum Gasteiger partial charge on any atom is 0.0325 e. The van der Waals surface area contributed by atoms with Gasteiger partial charge in [-0.2, -0.15) is 0 Å². The van der Waals surface area contributed by atoms with E-state index in [2.05, 4.69) is 79.4 Å². The molecule has 0 amide bonds. The zero-order valence-corrected chi connectivity index (χ0v) is 13.5. The predicted octanol–water partition coefficient (Wildman–Crippen LogP) is 4.78. The van der Waals surface area contributed by atoms with E-state index in [-0.39, 0.29) is 0 Å². The van der Waals surface area contributed by atoms with Crippen LogP contribution in [0.1, 0.15) is 50.8 Å². The Morgan fingerprint density at radius 2 is 1.86 bits per heavy atom. The quantitative estimate of drug-likeness (QED) is 0.738. The summed E-state index contributed by atoms with van der Waals surface area (Å²) in [7, 11) is 0. The number of benzene rings is 1. The van der Waals surface area contributed by atoms with Gasteiger partial charge in [0.25, 0.3) is 0 Å². The Bertz CT molecular complexity index is 513. The minimum atomic E-state index is 0.431. The molecule has 0 bridgehead atoms. The molecule has 0 aliphatic carbocycles. The van der Waals surface area contributed by atoms with Crippen LogP contribution in [0.4, 0.5) is 0 Å². The van der Waals surface area contributed by atoms with Crippen LogP contribution in [0.25, 0.3) is 0 Å². The Morgan fingerprint density at radius 1 is 1.10 bits per heavy atom. The van der Waals surface area contributed by atoms with Gasteiger partial charge in [-0.15, -0.1) is 0 Å². The summed E-state index contributed by atoms with van der Waals surface area (Å²) in [5.74, 6) is 0.687. The van der Waals surface area contributed by atoms with Crippen molar-refractivity contribution in [2.75, 3.05) is 0 Å². The fourth-order valence-corrected chi connectivity index (χ4v) is 2.73. The largest absolute Gasteiger partial charge is 0.354 e. The van der Waals surface area contributed by atoms with Crippen molar-refractivity contribution in [3.8, 4) is 0 Å². The molecule has 1 atom stereocenters. The molecule has 1 heterocycles. The lowest BCUT2D eigenvalue weighted by Crippen LogP contribution is -2.22. The smallest absolute Gasteiger partial charge is 0.0325 e. The Hall–Kier alpha value is -1.54. The van der Waals surface area contributed by atoms with E-state index in [9.17, 15) is 0 Å².